The lowest BCUT2D eigenvalue weighted by Gasteiger charge is -2.21. The molecule has 2 aromatic rings. The van der Waals surface area contributed by atoms with E-state index in [-0.39, 0.29) is 5.91 Å². The predicted molar refractivity (Wildman–Crippen MR) is 92.0 cm³/mol. The van der Waals surface area contributed by atoms with Gasteiger partial charge in [-0.05, 0) is 36.6 Å². The molecule has 0 aromatic heterocycles. The van der Waals surface area contributed by atoms with E-state index in [1.807, 2.05) is 54.6 Å². The summed E-state index contributed by atoms with van der Waals surface area (Å²) in [5.41, 5.74) is 3.01. The number of amides is 1. The third-order valence-electron chi connectivity index (χ3n) is 3.84. The molecular weight excluding hydrogens is 272 g/mol. The molecule has 1 amide bonds. The van der Waals surface area contributed by atoms with Crippen molar-refractivity contribution in [1.29, 1.82) is 0 Å². The minimum atomic E-state index is -0.101. The van der Waals surface area contributed by atoms with Crippen LogP contribution in [0.3, 0.4) is 0 Å². The van der Waals surface area contributed by atoms with Crippen LogP contribution in [0.1, 0.15) is 18.4 Å². The Kier molecular flexibility index (Phi) is 4.54. The quantitative estimate of drug-likeness (QED) is 0.866. The molecule has 0 aliphatic carbocycles. The van der Waals surface area contributed by atoms with E-state index in [1.54, 1.807) is 6.08 Å². The molecule has 1 aliphatic rings. The van der Waals surface area contributed by atoms with Crippen molar-refractivity contribution in [2.24, 2.45) is 0 Å². The Morgan fingerprint density at radius 3 is 2.41 bits per heavy atom. The van der Waals surface area contributed by atoms with Crippen molar-refractivity contribution >= 4 is 23.4 Å². The summed E-state index contributed by atoms with van der Waals surface area (Å²) >= 11 is 0. The van der Waals surface area contributed by atoms with Crippen LogP contribution in [0.5, 0.6) is 0 Å². The number of nitrogens with one attached hydrogen (secondary N) is 1. The molecule has 0 atom stereocenters. The lowest BCUT2D eigenvalue weighted by atomic mass is 10.2. The Hall–Kier alpha value is -2.55. The van der Waals surface area contributed by atoms with Gasteiger partial charge in [-0.25, -0.2) is 0 Å². The van der Waals surface area contributed by atoms with Gasteiger partial charge in [-0.15, -0.1) is 0 Å². The second-order valence-corrected chi connectivity index (χ2v) is 5.44. The van der Waals surface area contributed by atoms with E-state index in [2.05, 4.69) is 16.3 Å². The van der Waals surface area contributed by atoms with Crippen molar-refractivity contribution in [3.8, 4) is 0 Å². The van der Waals surface area contributed by atoms with E-state index in [4.69, 9.17) is 0 Å². The predicted octanol–water partition coefficient (Wildman–Crippen LogP) is 3.94. The molecule has 0 radical (unpaired) electrons. The first-order valence-corrected chi connectivity index (χ1v) is 7.71. The topological polar surface area (TPSA) is 32.3 Å². The standard InChI is InChI=1S/C19H20N2O/c22-19(13-12-16-8-2-1-3-9-16)20-17-10-4-5-11-18(17)21-14-6-7-15-21/h1-5,8-13H,6-7,14-15H2,(H,20,22)/b13-12+. The third-order valence-corrected chi connectivity index (χ3v) is 3.84. The van der Waals surface area contributed by atoms with E-state index in [9.17, 15) is 4.79 Å². The summed E-state index contributed by atoms with van der Waals surface area (Å²) < 4.78 is 0. The molecule has 22 heavy (non-hydrogen) atoms. The zero-order chi connectivity index (χ0) is 15.2. The van der Waals surface area contributed by atoms with E-state index in [0.717, 1.165) is 30.0 Å². The van der Waals surface area contributed by atoms with Gasteiger partial charge in [-0.3, -0.25) is 4.79 Å². The van der Waals surface area contributed by atoms with Crippen molar-refractivity contribution in [2.75, 3.05) is 23.3 Å². The highest BCUT2D eigenvalue weighted by atomic mass is 16.1. The molecule has 1 heterocycles. The summed E-state index contributed by atoms with van der Waals surface area (Å²) in [4.78, 5) is 14.5. The summed E-state index contributed by atoms with van der Waals surface area (Å²) in [6.45, 7) is 2.12. The number of para-hydroxylation sites is 2. The van der Waals surface area contributed by atoms with Gasteiger partial charge in [0.1, 0.15) is 0 Å². The van der Waals surface area contributed by atoms with Gasteiger partial charge in [0.25, 0.3) is 0 Å². The minimum absolute atomic E-state index is 0.101. The molecule has 3 heteroatoms. The van der Waals surface area contributed by atoms with Crippen molar-refractivity contribution in [3.05, 3.63) is 66.2 Å². The average molecular weight is 292 g/mol. The SMILES string of the molecule is O=C(/C=C/c1ccccc1)Nc1ccccc1N1CCCC1. The zero-order valence-electron chi connectivity index (χ0n) is 12.5. The molecule has 0 saturated carbocycles. The second kappa shape index (κ2) is 6.94. The molecule has 1 aliphatic heterocycles. The van der Waals surface area contributed by atoms with E-state index >= 15 is 0 Å². The summed E-state index contributed by atoms with van der Waals surface area (Å²) in [6.07, 6.45) is 5.84. The molecule has 1 N–H and O–H groups in total. The maximum Gasteiger partial charge on any atom is 0.248 e. The fourth-order valence-corrected chi connectivity index (χ4v) is 2.72. The third kappa shape index (κ3) is 3.55. The largest absolute Gasteiger partial charge is 0.370 e. The first kappa shape index (κ1) is 14.4. The Morgan fingerprint density at radius 1 is 0.955 bits per heavy atom. The summed E-state index contributed by atoms with van der Waals surface area (Å²) in [5, 5.41) is 2.99. The van der Waals surface area contributed by atoms with Crippen molar-refractivity contribution in [1.82, 2.24) is 0 Å². The first-order chi connectivity index (χ1) is 10.8. The van der Waals surface area contributed by atoms with Gasteiger partial charge in [0.05, 0.1) is 11.4 Å². The molecule has 1 saturated heterocycles. The summed E-state index contributed by atoms with van der Waals surface area (Å²) in [5.74, 6) is -0.101. The number of carbonyl (C=O) groups is 1. The van der Waals surface area contributed by atoms with Gasteiger partial charge in [0, 0.05) is 19.2 Å². The fourth-order valence-electron chi connectivity index (χ4n) is 2.72. The molecular formula is C19H20N2O. The normalized spacial score (nSPS) is 14.5. The van der Waals surface area contributed by atoms with Crippen LogP contribution < -0.4 is 10.2 Å². The highest BCUT2D eigenvalue weighted by Crippen LogP contribution is 2.28. The van der Waals surface area contributed by atoms with Gasteiger partial charge in [0.15, 0.2) is 0 Å². The van der Waals surface area contributed by atoms with Crippen molar-refractivity contribution in [2.45, 2.75) is 12.8 Å². The van der Waals surface area contributed by atoms with Crippen LogP contribution in [0.25, 0.3) is 6.08 Å². The lowest BCUT2D eigenvalue weighted by molar-refractivity contribution is -0.111. The molecule has 112 valence electrons. The van der Waals surface area contributed by atoms with E-state index in [1.165, 1.54) is 12.8 Å². The Balaban J connectivity index is 1.70. The maximum atomic E-state index is 12.1. The van der Waals surface area contributed by atoms with E-state index < -0.39 is 0 Å². The Labute approximate surface area is 131 Å². The first-order valence-electron chi connectivity index (χ1n) is 7.71. The number of benzene rings is 2. The molecule has 1 fully saturated rings. The Morgan fingerprint density at radius 2 is 1.64 bits per heavy atom. The number of hydrogen-bond donors (Lipinski definition) is 1. The number of hydrogen-bond acceptors (Lipinski definition) is 2. The minimum Gasteiger partial charge on any atom is -0.370 e. The molecule has 2 aromatic carbocycles. The number of anilines is 2. The monoisotopic (exact) mass is 292 g/mol. The van der Waals surface area contributed by atoms with Crippen LogP contribution in [-0.4, -0.2) is 19.0 Å². The molecule has 3 rings (SSSR count). The number of rotatable bonds is 4. The smallest absolute Gasteiger partial charge is 0.248 e. The van der Waals surface area contributed by atoms with Crippen LogP contribution in [0, 0.1) is 0 Å². The van der Waals surface area contributed by atoms with Gasteiger partial charge in [0.2, 0.25) is 5.91 Å². The zero-order valence-corrected chi connectivity index (χ0v) is 12.5. The molecule has 0 unspecified atom stereocenters. The Bertz CT molecular complexity index is 658. The molecule has 0 spiro atoms. The maximum absolute atomic E-state index is 12.1. The van der Waals surface area contributed by atoms with Crippen LogP contribution in [0.15, 0.2) is 60.7 Å². The second-order valence-electron chi connectivity index (χ2n) is 5.44. The van der Waals surface area contributed by atoms with Crippen LogP contribution in [-0.2, 0) is 4.79 Å². The fraction of sp³-hybridized carbons (Fsp3) is 0.211. The average Bonchev–Trinajstić information content (AvgIpc) is 3.09. The van der Waals surface area contributed by atoms with Crippen molar-refractivity contribution in [3.63, 3.8) is 0 Å². The van der Waals surface area contributed by atoms with Crippen LogP contribution >= 0.6 is 0 Å². The lowest BCUT2D eigenvalue weighted by Crippen LogP contribution is -2.20. The summed E-state index contributed by atoms with van der Waals surface area (Å²) in [6, 6.07) is 17.8. The van der Waals surface area contributed by atoms with Gasteiger partial charge in [-0.1, -0.05) is 42.5 Å². The van der Waals surface area contributed by atoms with Gasteiger partial charge < -0.3 is 10.2 Å². The van der Waals surface area contributed by atoms with Crippen molar-refractivity contribution < 1.29 is 4.79 Å². The van der Waals surface area contributed by atoms with Gasteiger partial charge in [-0.2, -0.15) is 0 Å². The molecule has 3 nitrogen and oxygen atoms in total. The summed E-state index contributed by atoms with van der Waals surface area (Å²) in [7, 11) is 0. The van der Waals surface area contributed by atoms with Gasteiger partial charge >= 0.3 is 0 Å². The number of nitrogens with zero attached hydrogens (tertiary/aromatic N) is 1. The number of carbonyl (C=O) groups excluding carboxylic acids is 1. The van der Waals surface area contributed by atoms with Crippen LogP contribution in [0.4, 0.5) is 11.4 Å². The highest BCUT2D eigenvalue weighted by molar-refractivity contribution is 6.03. The highest BCUT2D eigenvalue weighted by Gasteiger charge is 2.15. The van der Waals surface area contributed by atoms with E-state index in [0.29, 0.717) is 0 Å². The van der Waals surface area contributed by atoms with Crippen LogP contribution in [0.2, 0.25) is 0 Å². The molecule has 0 bridgehead atoms.